The summed E-state index contributed by atoms with van der Waals surface area (Å²) >= 11 is 0. The Balaban J connectivity index is 1.46. The van der Waals surface area contributed by atoms with Crippen LogP contribution in [0.4, 0.5) is 20.2 Å². The van der Waals surface area contributed by atoms with Crippen LogP contribution in [0, 0.1) is 11.6 Å². The second kappa shape index (κ2) is 8.06. The maximum atomic E-state index is 13.7. The number of hydrogen-bond acceptors (Lipinski definition) is 4. The summed E-state index contributed by atoms with van der Waals surface area (Å²) in [5, 5.41) is 26.5. The molecule has 0 saturated carbocycles. The van der Waals surface area contributed by atoms with E-state index in [-0.39, 0.29) is 5.56 Å². The fourth-order valence-corrected chi connectivity index (χ4v) is 3.33. The standard InChI is InChI=1S/C23H18F2N2O3/c24-13-5-10-18(19(25)11-13)23(30)27-15-8-6-14(7-9-15)26-20-12-21(28)16-3-1-2-4-17(16)22(20)29/h1-12,21-22,26,28-29H,(H,27,30). The number of carbonyl (C=O) groups is 1. The van der Waals surface area contributed by atoms with Crippen molar-refractivity contribution in [2.75, 3.05) is 10.6 Å². The van der Waals surface area contributed by atoms with E-state index in [0.717, 1.165) is 12.1 Å². The van der Waals surface area contributed by atoms with Crippen LogP contribution in [0.1, 0.15) is 33.7 Å². The molecule has 1 amide bonds. The van der Waals surface area contributed by atoms with Crippen LogP contribution in [0.5, 0.6) is 0 Å². The minimum atomic E-state index is -0.942. The quantitative estimate of drug-likeness (QED) is 0.519. The molecule has 2 unspecified atom stereocenters. The third kappa shape index (κ3) is 3.94. The van der Waals surface area contributed by atoms with Gasteiger partial charge >= 0.3 is 0 Å². The molecular weight excluding hydrogens is 390 g/mol. The van der Waals surface area contributed by atoms with E-state index in [1.165, 1.54) is 0 Å². The van der Waals surface area contributed by atoms with Crippen LogP contribution in [0.25, 0.3) is 0 Å². The van der Waals surface area contributed by atoms with Crippen molar-refractivity contribution in [3.63, 3.8) is 0 Å². The van der Waals surface area contributed by atoms with Crippen molar-refractivity contribution in [2.45, 2.75) is 12.2 Å². The van der Waals surface area contributed by atoms with Crippen LogP contribution in [0.2, 0.25) is 0 Å². The molecule has 2 atom stereocenters. The lowest BCUT2D eigenvalue weighted by Gasteiger charge is -2.27. The summed E-state index contributed by atoms with van der Waals surface area (Å²) in [6.07, 6.45) is -0.207. The first kappa shape index (κ1) is 19.8. The predicted octanol–water partition coefficient (Wildman–Crippen LogP) is 4.29. The topological polar surface area (TPSA) is 81.6 Å². The number of halogens is 2. The van der Waals surface area contributed by atoms with Gasteiger partial charge in [0.2, 0.25) is 0 Å². The first-order valence-corrected chi connectivity index (χ1v) is 9.22. The molecule has 4 N–H and O–H groups in total. The molecule has 0 radical (unpaired) electrons. The molecule has 0 saturated heterocycles. The molecular formula is C23H18F2N2O3. The summed E-state index contributed by atoms with van der Waals surface area (Å²) < 4.78 is 26.7. The van der Waals surface area contributed by atoms with Crippen molar-refractivity contribution in [3.05, 3.63) is 107 Å². The Morgan fingerprint density at radius 3 is 2.23 bits per heavy atom. The molecule has 0 spiro atoms. The lowest BCUT2D eigenvalue weighted by Crippen LogP contribution is -2.18. The highest BCUT2D eigenvalue weighted by Crippen LogP contribution is 2.36. The van der Waals surface area contributed by atoms with E-state index in [1.807, 2.05) is 0 Å². The Labute approximate surface area is 171 Å². The summed E-state index contributed by atoms with van der Waals surface area (Å²) in [6.45, 7) is 0. The maximum absolute atomic E-state index is 13.7. The lowest BCUT2D eigenvalue weighted by molar-refractivity contribution is 0.102. The number of aliphatic hydroxyl groups excluding tert-OH is 2. The Morgan fingerprint density at radius 1 is 0.867 bits per heavy atom. The van der Waals surface area contributed by atoms with Gasteiger partial charge in [-0.25, -0.2) is 8.78 Å². The highest BCUT2D eigenvalue weighted by molar-refractivity contribution is 6.04. The smallest absolute Gasteiger partial charge is 0.258 e. The van der Waals surface area contributed by atoms with E-state index in [1.54, 1.807) is 54.6 Å². The fraction of sp³-hybridized carbons (Fsp3) is 0.0870. The predicted molar refractivity (Wildman–Crippen MR) is 109 cm³/mol. The van der Waals surface area contributed by atoms with Gasteiger partial charge in [-0.15, -0.1) is 0 Å². The molecule has 3 aromatic carbocycles. The summed E-state index contributed by atoms with van der Waals surface area (Å²) in [6, 6.07) is 16.4. The van der Waals surface area contributed by atoms with Gasteiger partial charge in [-0.3, -0.25) is 4.79 Å². The van der Waals surface area contributed by atoms with Crippen LogP contribution in [-0.4, -0.2) is 16.1 Å². The summed E-state index contributed by atoms with van der Waals surface area (Å²) in [5.74, 6) is -2.40. The molecule has 5 nitrogen and oxygen atoms in total. The average molecular weight is 408 g/mol. The SMILES string of the molecule is O=C(Nc1ccc(NC2=CC(O)c3ccccc3C2O)cc1)c1ccc(F)cc1F. The van der Waals surface area contributed by atoms with Crippen molar-refractivity contribution in [3.8, 4) is 0 Å². The normalized spacial score (nSPS) is 17.7. The number of hydrogen-bond donors (Lipinski definition) is 4. The summed E-state index contributed by atoms with van der Waals surface area (Å²) in [4.78, 5) is 12.2. The Bertz CT molecular complexity index is 1130. The van der Waals surface area contributed by atoms with Gasteiger partial charge in [0.15, 0.2) is 0 Å². The van der Waals surface area contributed by atoms with Crippen molar-refractivity contribution < 1.29 is 23.8 Å². The summed E-state index contributed by atoms with van der Waals surface area (Å²) in [5.41, 5.74) is 2.49. The number of carbonyl (C=O) groups excluding carboxylic acids is 1. The van der Waals surface area contributed by atoms with Crippen LogP contribution >= 0.6 is 0 Å². The molecule has 0 bridgehead atoms. The Morgan fingerprint density at radius 2 is 1.53 bits per heavy atom. The zero-order valence-corrected chi connectivity index (χ0v) is 15.6. The Kier molecular flexibility index (Phi) is 5.31. The average Bonchev–Trinajstić information content (AvgIpc) is 2.73. The van der Waals surface area contributed by atoms with E-state index in [9.17, 15) is 23.8 Å². The van der Waals surface area contributed by atoms with E-state index in [0.29, 0.717) is 34.3 Å². The van der Waals surface area contributed by atoms with E-state index < -0.39 is 29.7 Å². The molecule has 0 heterocycles. The third-order valence-electron chi connectivity index (χ3n) is 4.85. The highest BCUT2D eigenvalue weighted by Gasteiger charge is 2.25. The monoisotopic (exact) mass is 408 g/mol. The van der Waals surface area contributed by atoms with E-state index >= 15 is 0 Å². The Hall–Kier alpha value is -3.55. The second-order valence-corrected chi connectivity index (χ2v) is 6.88. The van der Waals surface area contributed by atoms with Gasteiger partial charge < -0.3 is 20.8 Å². The second-order valence-electron chi connectivity index (χ2n) is 6.88. The first-order chi connectivity index (χ1) is 14.4. The van der Waals surface area contributed by atoms with Gasteiger partial charge in [-0.05, 0) is 53.6 Å². The fourth-order valence-electron chi connectivity index (χ4n) is 3.33. The number of amides is 1. The number of aliphatic hydroxyl groups is 2. The van der Waals surface area contributed by atoms with Crippen LogP contribution in [0.3, 0.4) is 0 Å². The van der Waals surface area contributed by atoms with Gasteiger partial charge in [0, 0.05) is 23.1 Å². The molecule has 1 aliphatic rings. The summed E-state index contributed by atoms with van der Waals surface area (Å²) in [7, 11) is 0. The van der Waals surface area contributed by atoms with Crippen LogP contribution < -0.4 is 10.6 Å². The lowest BCUT2D eigenvalue weighted by atomic mass is 9.90. The van der Waals surface area contributed by atoms with Crippen molar-refractivity contribution in [2.24, 2.45) is 0 Å². The van der Waals surface area contributed by atoms with E-state index in [2.05, 4.69) is 10.6 Å². The van der Waals surface area contributed by atoms with Gasteiger partial charge in [-0.1, -0.05) is 24.3 Å². The van der Waals surface area contributed by atoms with Crippen molar-refractivity contribution in [1.29, 1.82) is 0 Å². The molecule has 3 aromatic rings. The minimum absolute atomic E-state index is 0.262. The first-order valence-electron chi connectivity index (χ1n) is 9.22. The molecule has 4 rings (SSSR count). The van der Waals surface area contributed by atoms with Gasteiger partial charge in [0.25, 0.3) is 5.91 Å². The molecule has 0 aliphatic heterocycles. The molecule has 152 valence electrons. The third-order valence-corrected chi connectivity index (χ3v) is 4.85. The highest BCUT2D eigenvalue weighted by atomic mass is 19.1. The van der Waals surface area contributed by atoms with Gasteiger partial charge in [0.1, 0.15) is 17.7 Å². The van der Waals surface area contributed by atoms with Gasteiger partial charge in [-0.2, -0.15) is 0 Å². The molecule has 7 heteroatoms. The molecule has 30 heavy (non-hydrogen) atoms. The number of benzene rings is 3. The number of rotatable bonds is 4. The van der Waals surface area contributed by atoms with E-state index in [4.69, 9.17) is 0 Å². The van der Waals surface area contributed by atoms with Crippen LogP contribution in [0.15, 0.2) is 78.5 Å². The number of anilines is 2. The molecule has 0 fully saturated rings. The number of nitrogens with one attached hydrogen (secondary N) is 2. The maximum Gasteiger partial charge on any atom is 0.258 e. The van der Waals surface area contributed by atoms with Gasteiger partial charge in [0.05, 0.1) is 11.7 Å². The molecule has 1 aliphatic carbocycles. The zero-order valence-electron chi connectivity index (χ0n) is 15.6. The van der Waals surface area contributed by atoms with Crippen molar-refractivity contribution >= 4 is 17.3 Å². The zero-order chi connectivity index (χ0) is 21.3. The molecule has 0 aromatic heterocycles. The minimum Gasteiger partial charge on any atom is -0.384 e. The van der Waals surface area contributed by atoms with Crippen LogP contribution in [-0.2, 0) is 0 Å². The van der Waals surface area contributed by atoms with Crippen molar-refractivity contribution in [1.82, 2.24) is 0 Å². The number of fused-ring (bicyclic) bond motifs is 1. The largest absolute Gasteiger partial charge is 0.384 e.